The number of sulfone groups is 1. The Labute approximate surface area is 234 Å². The van der Waals surface area contributed by atoms with E-state index < -0.39 is 72.7 Å². The third-order valence-electron chi connectivity index (χ3n) is 5.93. The summed E-state index contributed by atoms with van der Waals surface area (Å²) in [5, 5.41) is 11.6. The van der Waals surface area contributed by atoms with Crippen molar-refractivity contribution in [1.82, 2.24) is 4.90 Å². The summed E-state index contributed by atoms with van der Waals surface area (Å²) >= 11 is -0.282. The quantitative estimate of drug-likeness (QED) is 0.133. The molecule has 2 aromatic rings. The first kappa shape index (κ1) is 31.8. The zero-order valence-electron chi connectivity index (χ0n) is 19.8. The number of nitrogens with zero attached hydrogens (tertiary/aromatic N) is 1. The summed E-state index contributed by atoms with van der Waals surface area (Å²) < 4.78 is 117. The van der Waals surface area contributed by atoms with Gasteiger partial charge in [-0.05, 0) is 0 Å². The Kier molecular flexibility index (Phi) is 8.90. The fraction of sp³-hybridized carbons (Fsp3) is 0.364. The summed E-state index contributed by atoms with van der Waals surface area (Å²) in [7, 11) is -3.61. The van der Waals surface area contributed by atoms with Crippen LogP contribution in [0.4, 0.5) is 41.2 Å². The molecular formula is C22H19F7I2N2O5S. The number of amides is 2. The number of aliphatic hydroxyl groups is 1. The molecular weight excluding hydrogens is 791 g/mol. The van der Waals surface area contributed by atoms with Crippen LogP contribution in [0.1, 0.15) is 22.7 Å². The van der Waals surface area contributed by atoms with Gasteiger partial charge in [-0.1, -0.05) is 0 Å². The molecule has 3 rings (SSSR count). The maximum absolute atomic E-state index is 14.7. The Hall–Kier alpha value is -1.74. The normalized spacial score (nSPS) is 16.9. The van der Waals surface area contributed by atoms with Crippen molar-refractivity contribution in [1.29, 1.82) is 0 Å². The fourth-order valence-electron chi connectivity index (χ4n) is 3.99. The molecule has 216 valence electrons. The SMILES string of the molecule is CI(I)C(=O)N1CCc2cc(S(C)(=O)=O)ccc2C1C(=O)Nc1ccc(C(O)(C(F)(F)F)C(F)(F)F)cc1F. The predicted molar refractivity (Wildman–Crippen MR) is 143 cm³/mol. The molecule has 0 radical (unpaired) electrons. The minimum atomic E-state index is -6.24. The van der Waals surface area contributed by atoms with E-state index in [-0.39, 0.29) is 39.5 Å². The van der Waals surface area contributed by atoms with Crippen LogP contribution in [0.5, 0.6) is 0 Å². The van der Waals surface area contributed by atoms with Crippen LogP contribution in [0.2, 0.25) is 0 Å². The summed E-state index contributed by atoms with van der Waals surface area (Å²) in [4.78, 5) is 29.1. The molecule has 1 unspecified atom stereocenters. The van der Waals surface area contributed by atoms with Crippen LogP contribution in [-0.2, 0) is 26.7 Å². The van der Waals surface area contributed by atoms with Crippen molar-refractivity contribution < 1.29 is 53.8 Å². The van der Waals surface area contributed by atoms with Crippen LogP contribution in [0.3, 0.4) is 0 Å². The second-order valence-electron chi connectivity index (χ2n) is 8.52. The summed E-state index contributed by atoms with van der Waals surface area (Å²) in [6.07, 6.45) is -11.3. The van der Waals surface area contributed by atoms with Crippen LogP contribution >= 0.6 is 34.5 Å². The molecule has 0 aromatic heterocycles. The van der Waals surface area contributed by atoms with Crippen molar-refractivity contribution in [3.8, 4) is 0 Å². The van der Waals surface area contributed by atoms with Gasteiger partial charge in [-0.25, -0.2) is 0 Å². The summed E-state index contributed by atoms with van der Waals surface area (Å²) in [5.74, 6) is -2.73. The van der Waals surface area contributed by atoms with Crippen molar-refractivity contribution in [2.45, 2.75) is 35.3 Å². The van der Waals surface area contributed by atoms with Gasteiger partial charge in [-0.3, -0.25) is 0 Å². The number of alkyl halides is 7. The van der Waals surface area contributed by atoms with Gasteiger partial charge in [0.25, 0.3) is 0 Å². The molecule has 39 heavy (non-hydrogen) atoms. The Morgan fingerprint density at radius 2 is 1.67 bits per heavy atom. The molecule has 2 amide bonds. The third kappa shape index (κ3) is 6.14. The Balaban J connectivity index is 2.04. The average molecular weight is 810 g/mol. The van der Waals surface area contributed by atoms with Gasteiger partial charge in [0, 0.05) is 0 Å². The van der Waals surface area contributed by atoms with E-state index in [0.29, 0.717) is 11.6 Å². The van der Waals surface area contributed by atoms with Crippen molar-refractivity contribution in [3.63, 3.8) is 0 Å². The van der Waals surface area contributed by atoms with Crippen molar-refractivity contribution in [2.75, 3.05) is 23.0 Å². The van der Waals surface area contributed by atoms with Gasteiger partial charge in [0.05, 0.1) is 0 Å². The number of nitrogens with one attached hydrogen (secondary N) is 1. The molecule has 2 aromatic carbocycles. The molecule has 0 bridgehead atoms. The minimum absolute atomic E-state index is 0.00751. The monoisotopic (exact) mass is 810 g/mol. The molecule has 1 aliphatic heterocycles. The van der Waals surface area contributed by atoms with E-state index in [1.807, 2.05) is 18.6 Å². The van der Waals surface area contributed by atoms with E-state index in [9.17, 15) is 53.8 Å². The maximum atomic E-state index is 14.7. The number of hydrogen-bond donors (Lipinski definition) is 2. The van der Waals surface area contributed by atoms with E-state index in [1.54, 1.807) is 4.93 Å². The number of fused-ring (bicyclic) bond motifs is 1. The van der Waals surface area contributed by atoms with E-state index in [2.05, 4.69) is 5.32 Å². The van der Waals surface area contributed by atoms with Crippen molar-refractivity contribution in [3.05, 3.63) is 58.9 Å². The van der Waals surface area contributed by atoms with Crippen LogP contribution in [-0.4, -0.2) is 58.3 Å². The van der Waals surface area contributed by atoms with Crippen LogP contribution in [0.25, 0.3) is 0 Å². The standard InChI is InChI=1S/C22H19F7I2N2O5S/c1-31(30)19(35)33-8-7-11-9-13(39(2,37)38)4-5-14(11)17(33)18(34)32-16-6-3-12(10-15(16)23)20(36,21(24,25)26)22(27,28)29/h3-6,9-10,17,36H,7-8H2,1-2H3,(H,32,34). The third-order valence-corrected chi connectivity index (χ3v) is 11.3. The zero-order chi connectivity index (χ0) is 29.7. The fourth-order valence-corrected chi connectivity index (χ4v) is 7.60. The number of benzene rings is 2. The first-order valence-electron chi connectivity index (χ1n) is 10.6. The number of carbonyl (C=O) groups is 2. The van der Waals surface area contributed by atoms with E-state index in [1.165, 1.54) is 23.1 Å². The molecule has 0 aliphatic carbocycles. The summed E-state index contributed by atoms with van der Waals surface area (Å²) in [5.41, 5.74) is -7.37. The van der Waals surface area contributed by atoms with Crippen molar-refractivity contribution in [2.24, 2.45) is 0 Å². The molecule has 1 atom stereocenters. The van der Waals surface area contributed by atoms with E-state index >= 15 is 0 Å². The second kappa shape index (κ2) is 10.9. The Bertz CT molecular complexity index is 1400. The van der Waals surface area contributed by atoms with Gasteiger partial charge in [-0.15, -0.1) is 0 Å². The van der Waals surface area contributed by atoms with Crippen LogP contribution < -0.4 is 5.32 Å². The van der Waals surface area contributed by atoms with E-state index in [0.717, 1.165) is 6.26 Å². The molecule has 17 heteroatoms. The average Bonchev–Trinajstić information content (AvgIpc) is 2.80. The summed E-state index contributed by atoms with van der Waals surface area (Å²) in [6.45, 7) is 0.00751. The van der Waals surface area contributed by atoms with Gasteiger partial charge >= 0.3 is 236 Å². The van der Waals surface area contributed by atoms with E-state index in [4.69, 9.17) is 0 Å². The van der Waals surface area contributed by atoms with Gasteiger partial charge < -0.3 is 0 Å². The molecule has 0 spiro atoms. The zero-order valence-corrected chi connectivity index (χ0v) is 24.9. The molecule has 2 N–H and O–H groups in total. The number of hydrogen-bond acceptors (Lipinski definition) is 5. The number of carbonyl (C=O) groups excluding carboxylic acids is 2. The summed E-state index contributed by atoms with van der Waals surface area (Å²) in [6, 6.07) is 2.92. The van der Waals surface area contributed by atoms with Gasteiger partial charge in [-0.2, -0.15) is 0 Å². The van der Waals surface area contributed by atoms with Crippen molar-refractivity contribution >= 4 is 59.8 Å². The number of halogens is 9. The topological polar surface area (TPSA) is 104 Å². The molecule has 0 saturated carbocycles. The molecule has 1 aliphatic rings. The van der Waals surface area contributed by atoms with Gasteiger partial charge in [0.2, 0.25) is 0 Å². The second-order valence-corrected chi connectivity index (χ2v) is 22.0. The van der Waals surface area contributed by atoms with Crippen LogP contribution in [0.15, 0.2) is 41.3 Å². The predicted octanol–water partition coefficient (Wildman–Crippen LogP) is 5.69. The van der Waals surface area contributed by atoms with Gasteiger partial charge in [0.15, 0.2) is 0 Å². The number of anilines is 1. The Morgan fingerprint density at radius 3 is 2.15 bits per heavy atom. The molecule has 0 saturated heterocycles. The number of rotatable bonds is 5. The first-order chi connectivity index (χ1) is 17.7. The molecule has 0 fully saturated rings. The van der Waals surface area contributed by atoms with Gasteiger partial charge in [0.1, 0.15) is 0 Å². The molecule has 1 heterocycles. The Morgan fingerprint density at radius 1 is 1.08 bits per heavy atom. The first-order valence-corrected chi connectivity index (χ1v) is 22.0. The van der Waals surface area contributed by atoms with Crippen LogP contribution in [0, 0.1) is 5.82 Å². The molecule has 7 nitrogen and oxygen atoms in total.